The van der Waals surface area contributed by atoms with Crippen molar-refractivity contribution in [2.75, 3.05) is 0 Å². The Bertz CT molecular complexity index is 445. The Balaban J connectivity index is 2.06. The van der Waals surface area contributed by atoms with Crippen molar-refractivity contribution in [3.8, 4) is 0 Å². The zero-order valence-electron chi connectivity index (χ0n) is 8.51. The molecule has 2 heterocycles. The van der Waals surface area contributed by atoms with Gasteiger partial charge in [0, 0.05) is 19.2 Å². The Morgan fingerprint density at radius 3 is 3.07 bits per heavy atom. The maximum Gasteiger partial charge on any atom is 0.177 e. The largest absolute Gasteiger partial charge is 0.293 e. The smallest absolute Gasteiger partial charge is 0.177 e. The van der Waals surface area contributed by atoms with E-state index < -0.39 is 0 Å². The molecule has 0 atom stereocenters. The van der Waals surface area contributed by atoms with Crippen molar-refractivity contribution < 1.29 is 4.79 Å². The van der Waals surface area contributed by atoms with E-state index in [1.807, 2.05) is 35.3 Å². The summed E-state index contributed by atoms with van der Waals surface area (Å²) in [5.74, 6) is 0.167. The monoisotopic (exact) mass is 220 g/mol. The van der Waals surface area contributed by atoms with Crippen molar-refractivity contribution in [3.63, 3.8) is 0 Å². The van der Waals surface area contributed by atoms with Crippen LogP contribution in [0.1, 0.15) is 22.2 Å². The zero-order valence-corrected chi connectivity index (χ0v) is 9.33. The van der Waals surface area contributed by atoms with Crippen LogP contribution in [0.5, 0.6) is 0 Å². The molecule has 0 fully saturated rings. The molecule has 0 spiro atoms. The Labute approximate surface area is 92.4 Å². The molecule has 0 aromatic carbocycles. The molecule has 0 saturated carbocycles. The molecule has 0 radical (unpaired) electrons. The lowest BCUT2D eigenvalue weighted by molar-refractivity contribution is 0.0997. The van der Waals surface area contributed by atoms with Gasteiger partial charge in [-0.1, -0.05) is 6.07 Å². The maximum absolute atomic E-state index is 11.7. The summed E-state index contributed by atoms with van der Waals surface area (Å²) in [6.07, 6.45) is 4.13. The van der Waals surface area contributed by atoms with Crippen LogP contribution in [0.2, 0.25) is 0 Å². The minimum Gasteiger partial charge on any atom is -0.293 e. The van der Waals surface area contributed by atoms with Crippen LogP contribution in [0.15, 0.2) is 29.9 Å². The number of Topliss-reactive ketones (excluding diaryl/α,β-unsaturated/α-hetero) is 1. The number of hydrogen-bond donors (Lipinski definition) is 0. The van der Waals surface area contributed by atoms with Gasteiger partial charge in [0.05, 0.1) is 11.1 Å². The molecule has 2 aromatic rings. The number of carbonyl (C=O) groups is 1. The van der Waals surface area contributed by atoms with E-state index in [9.17, 15) is 4.79 Å². The molecule has 0 bridgehead atoms. The van der Waals surface area contributed by atoms with Gasteiger partial charge in [-0.25, -0.2) is 0 Å². The second-order valence-corrected chi connectivity index (χ2v) is 4.23. The molecule has 2 aromatic heterocycles. The van der Waals surface area contributed by atoms with E-state index in [-0.39, 0.29) is 5.78 Å². The standard InChI is InChI=1S/C11H12N2OS/c1-2-13-8-9(7-12-13)6-10(14)11-4-3-5-15-11/h3-5,7-8H,2,6H2,1H3. The lowest BCUT2D eigenvalue weighted by Gasteiger charge is -1.94. The van der Waals surface area contributed by atoms with Crippen LogP contribution in [0, 0.1) is 0 Å². The quantitative estimate of drug-likeness (QED) is 0.741. The van der Waals surface area contributed by atoms with E-state index in [1.54, 1.807) is 6.20 Å². The van der Waals surface area contributed by atoms with Crippen molar-refractivity contribution in [2.24, 2.45) is 0 Å². The van der Waals surface area contributed by atoms with Crippen molar-refractivity contribution >= 4 is 17.1 Å². The van der Waals surface area contributed by atoms with Gasteiger partial charge < -0.3 is 0 Å². The van der Waals surface area contributed by atoms with Gasteiger partial charge in [-0.3, -0.25) is 9.48 Å². The predicted octanol–water partition coefficient (Wildman–Crippen LogP) is 2.39. The van der Waals surface area contributed by atoms with Crippen LogP contribution in [0.4, 0.5) is 0 Å². The van der Waals surface area contributed by atoms with Gasteiger partial charge in [0.15, 0.2) is 5.78 Å². The average Bonchev–Trinajstić information content (AvgIpc) is 2.87. The first-order valence-corrected chi connectivity index (χ1v) is 5.75. The van der Waals surface area contributed by atoms with Gasteiger partial charge in [-0.2, -0.15) is 5.10 Å². The third-order valence-electron chi connectivity index (χ3n) is 2.17. The summed E-state index contributed by atoms with van der Waals surface area (Å²) < 4.78 is 1.83. The third kappa shape index (κ3) is 2.33. The Hall–Kier alpha value is -1.42. The van der Waals surface area contributed by atoms with Crippen LogP contribution in [-0.4, -0.2) is 15.6 Å². The predicted molar refractivity (Wildman–Crippen MR) is 60.3 cm³/mol. The van der Waals surface area contributed by atoms with E-state index >= 15 is 0 Å². The highest BCUT2D eigenvalue weighted by Gasteiger charge is 2.08. The van der Waals surface area contributed by atoms with Gasteiger partial charge >= 0.3 is 0 Å². The van der Waals surface area contributed by atoms with Crippen molar-refractivity contribution in [1.29, 1.82) is 0 Å². The van der Waals surface area contributed by atoms with E-state index in [0.717, 1.165) is 17.0 Å². The minimum atomic E-state index is 0.167. The number of thiophene rings is 1. The van der Waals surface area contributed by atoms with Crippen LogP contribution >= 0.6 is 11.3 Å². The second kappa shape index (κ2) is 4.40. The summed E-state index contributed by atoms with van der Waals surface area (Å²) in [5, 5.41) is 6.06. The van der Waals surface area contributed by atoms with Gasteiger partial charge in [-0.15, -0.1) is 11.3 Å². The van der Waals surface area contributed by atoms with E-state index in [1.165, 1.54) is 11.3 Å². The fourth-order valence-electron chi connectivity index (χ4n) is 1.38. The first-order valence-electron chi connectivity index (χ1n) is 4.87. The molecular weight excluding hydrogens is 208 g/mol. The molecule has 0 amide bonds. The third-order valence-corrected chi connectivity index (χ3v) is 3.08. The van der Waals surface area contributed by atoms with Gasteiger partial charge in [-0.05, 0) is 23.9 Å². The van der Waals surface area contributed by atoms with Gasteiger partial charge in [0.2, 0.25) is 0 Å². The Morgan fingerprint density at radius 1 is 1.60 bits per heavy atom. The first kappa shape index (κ1) is 10.1. The number of rotatable bonds is 4. The van der Waals surface area contributed by atoms with E-state index in [4.69, 9.17) is 0 Å². The van der Waals surface area contributed by atoms with Crippen LogP contribution in [0.3, 0.4) is 0 Å². The maximum atomic E-state index is 11.7. The lowest BCUT2D eigenvalue weighted by Crippen LogP contribution is -2.00. The van der Waals surface area contributed by atoms with Crippen molar-refractivity contribution in [1.82, 2.24) is 9.78 Å². The summed E-state index contributed by atoms with van der Waals surface area (Å²) in [7, 11) is 0. The van der Waals surface area contributed by atoms with Crippen LogP contribution in [0.25, 0.3) is 0 Å². The molecule has 0 aliphatic rings. The van der Waals surface area contributed by atoms with Crippen LogP contribution in [-0.2, 0) is 13.0 Å². The molecule has 2 rings (SSSR count). The highest BCUT2D eigenvalue weighted by atomic mass is 32.1. The number of ketones is 1. The average molecular weight is 220 g/mol. The molecular formula is C11H12N2OS. The highest BCUT2D eigenvalue weighted by Crippen LogP contribution is 2.12. The normalized spacial score (nSPS) is 10.5. The molecule has 0 N–H and O–H groups in total. The first-order chi connectivity index (χ1) is 7.29. The number of carbonyl (C=O) groups excluding carboxylic acids is 1. The minimum absolute atomic E-state index is 0.167. The molecule has 0 saturated heterocycles. The van der Waals surface area contributed by atoms with Crippen molar-refractivity contribution in [3.05, 3.63) is 40.3 Å². The number of nitrogens with zero attached hydrogens (tertiary/aromatic N) is 2. The second-order valence-electron chi connectivity index (χ2n) is 3.28. The molecule has 0 unspecified atom stereocenters. The summed E-state index contributed by atoms with van der Waals surface area (Å²) in [5.41, 5.74) is 0.982. The van der Waals surface area contributed by atoms with E-state index in [2.05, 4.69) is 5.10 Å². The number of hydrogen-bond acceptors (Lipinski definition) is 3. The molecule has 0 aliphatic carbocycles. The topological polar surface area (TPSA) is 34.9 Å². The Morgan fingerprint density at radius 2 is 2.47 bits per heavy atom. The Kier molecular flexibility index (Phi) is 2.97. The molecule has 4 heteroatoms. The molecule has 3 nitrogen and oxygen atoms in total. The summed E-state index contributed by atoms with van der Waals surface area (Å²) >= 11 is 1.49. The fourth-order valence-corrected chi connectivity index (χ4v) is 2.04. The van der Waals surface area contributed by atoms with Gasteiger partial charge in [0.1, 0.15) is 0 Å². The summed E-state index contributed by atoms with van der Waals surface area (Å²) in [6, 6.07) is 3.75. The van der Waals surface area contributed by atoms with E-state index in [0.29, 0.717) is 6.42 Å². The molecule has 15 heavy (non-hydrogen) atoms. The highest BCUT2D eigenvalue weighted by molar-refractivity contribution is 7.12. The number of aryl methyl sites for hydroxylation is 1. The zero-order chi connectivity index (χ0) is 10.7. The molecule has 0 aliphatic heterocycles. The summed E-state index contributed by atoms with van der Waals surface area (Å²) in [4.78, 5) is 12.6. The van der Waals surface area contributed by atoms with Gasteiger partial charge in [0.25, 0.3) is 0 Å². The molecule has 78 valence electrons. The van der Waals surface area contributed by atoms with Crippen molar-refractivity contribution in [2.45, 2.75) is 19.9 Å². The summed E-state index contributed by atoms with van der Waals surface area (Å²) in [6.45, 7) is 2.87. The lowest BCUT2D eigenvalue weighted by atomic mass is 10.1. The SMILES string of the molecule is CCn1cc(CC(=O)c2cccs2)cn1. The van der Waals surface area contributed by atoms with Crippen LogP contribution < -0.4 is 0 Å². The number of aromatic nitrogens is 2. The fraction of sp³-hybridized carbons (Fsp3) is 0.273.